The molecule has 0 aliphatic carbocycles. The molecule has 108 valence electrons. The Morgan fingerprint density at radius 3 is 2.76 bits per heavy atom. The van der Waals surface area contributed by atoms with E-state index in [1.54, 1.807) is 11.3 Å². The van der Waals surface area contributed by atoms with Gasteiger partial charge in [-0.2, -0.15) is 4.98 Å². The van der Waals surface area contributed by atoms with E-state index in [0.717, 1.165) is 32.1 Å². The Hall–Kier alpha value is -1.36. The predicted octanol–water partition coefficient (Wildman–Crippen LogP) is 5.66. The van der Waals surface area contributed by atoms with Gasteiger partial charge in [0.1, 0.15) is 10.6 Å². The maximum Gasteiger partial charge on any atom is 0.232 e. The fourth-order valence-electron chi connectivity index (χ4n) is 2.07. The van der Waals surface area contributed by atoms with E-state index in [4.69, 9.17) is 27.9 Å². The number of fused-ring (bicyclic) bond motifs is 1. The Kier molecular flexibility index (Phi) is 4.02. The first-order valence-corrected chi connectivity index (χ1v) is 8.04. The van der Waals surface area contributed by atoms with Crippen LogP contribution in [0, 0.1) is 6.92 Å². The van der Waals surface area contributed by atoms with Crippen LogP contribution in [0.5, 0.6) is 11.6 Å². The zero-order chi connectivity index (χ0) is 15.0. The summed E-state index contributed by atoms with van der Waals surface area (Å²) in [5.41, 5.74) is 1.03. The van der Waals surface area contributed by atoms with Crippen molar-refractivity contribution in [2.45, 2.75) is 20.3 Å². The molecule has 0 fully saturated rings. The minimum Gasteiger partial charge on any atom is -0.438 e. The highest BCUT2D eigenvalue weighted by Gasteiger charge is 2.12. The Labute approximate surface area is 136 Å². The zero-order valence-electron chi connectivity index (χ0n) is 11.5. The highest BCUT2D eigenvalue weighted by atomic mass is 35.5. The van der Waals surface area contributed by atoms with Gasteiger partial charge in [0.25, 0.3) is 0 Å². The number of aryl methyl sites for hydroxylation is 2. The molecule has 0 N–H and O–H groups in total. The van der Waals surface area contributed by atoms with Crippen LogP contribution in [0.3, 0.4) is 0 Å². The standard InChI is InChI=1S/C15H12Cl2N2OS/c1-3-9-7-10(4-5-12(9)16)20-13-11-6-8(2)21-14(11)19-15(17)18-13/h4-7H,3H2,1-2H3. The number of rotatable bonds is 3. The number of aromatic nitrogens is 2. The van der Waals surface area contributed by atoms with Gasteiger partial charge in [0.2, 0.25) is 11.2 Å². The molecule has 3 rings (SSSR count). The number of thiophene rings is 1. The quantitative estimate of drug-likeness (QED) is 0.578. The van der Waals surface area contributed by atoms with Crippen molar-refractivity contribution in [1.29, 1.82) is 0 Å². The van der Waals surface area contributed by atoms with Crippen molar-refractivity contribution in [3.8, 4) is 11.6 Å². The first kappa shape index (κ1) is 14.6. The summed E-state index contributed by atoms with van der Waals surface area (Å²) in [5.74, 6) is 1.16. The fraction of sp³-hybridized carbons (Fsp3) is 0.200. The highest BCUT2D eigenvalue weighted by molar-refractivity contribution is 7.18. The van der Waals surface area contributed by atoms with Crippen molar-refractivity contribution in [1.82, 2.24) is 9.97 Å². The van der Waals surface area contributed by atoms with Gasteiger partial charge in [-0.25, -0.2) is 4.98 Å². The van der Waals surface area contributed by atoms with Crippen LogP contribution in [0.4, 0.5) is 0 Å². The summed E-state index contributed by atoms with van der Waals surface area (Å²) in [5, 5.41) is 1.79. The molecule has 0 radical (unpaired) electrons. The van der Waals surface area contributed by atoms with Crippen LogP contribution in [0.25, 0.3) is 10.2 Å². The molecule has 0 amide bonds. The third-order valence-corrected chi connectivity index (χ3v) is 4.55. The van der Waals surface area contributed by atoms with E-state index in [0.29, 0.717) is 11.6 Å². The van der Waals surface area contributed by atoms with E-state index >= 15 is 0 Å². The molecule has 1 aromatic carbocycles. The second-order valence-electron chi connectivity index (χ2n) is 4.58. The van der Waals surface area contributed by atoms with E-state index in [2.05, 4.69) is 9.97 Å². The molecular formula is C15H12Cl2N2OS. The van der Waals surface area contributed by atoms with Gasteiger partial charge in [-0.05, 0) is 54.8 Å². The van der Waals surface area contributed by atoms with Crippen LogP contribution in [0.2, 0.25) is 10.3 Å². The summed E-state index contributed by atoms with van der Waals surface area (Å²) in [6.07, 6.45) is 0.841. The monoisotopic (exact) mass is 338 g/mol. The molecule has 0 spiro atoms. The van der Waals surface area contributed by atoms with E-state index in [-0.39, 0.29) is 5.28 Å². The van der Waals surface area contributed by atoms with Crippen molar-refractivity contribution in [2.75, 3.05) is 0 Å². The Balaban J connectivity index is 2.05. The lowest BCUT2D eigenvalue weighted by Crippen LogP contribution is -1.92. The first-order chi connectivity index (χ1) is 10.1. The molecule has 2 heterocycles. The summed E-state index contributed by atoms with van der Waals surface area (Å²) >= 11 is 13.7. The lowest BCUT2D eigenvalue weighted by molar-refractivity contribution is 0.468. The number of halogens is 2. The molecule has 21 heavy (non-hydrogen) atoms. The van der Waals surface area contributed by atoms with E-state index in [1.807, 2.05) is 38.1 Å². The van der Waals surface area contributed by atoms with Crippen LogP contribution < -0.4 is 4.74 Å². The first-order valence-electron chi connectivity index (χ1n) is 6.46. The largest absolute Gasteiger partial charge is 0.438 e. The lowest BCUT2D eigenvalue weighted by Gasteiger charge is -2.08. The van der Waals surface area contributed by atoms with Crippen LogP contribution >= 0.6 is 34.5 Å². The van der Waals surface area contributed by atoms with E-state index < -0.39 is 0 Å². The highest BCUT2D eigenvalue weighted by Crippen LogP contribution is 2.34. The fourth-order valence-corrected chi connectivity index (χ4v) is 3.40. The summed E-state index contributed by atoms with van der Waals surface area (Å²) in [7, 11) is 0. The van der Waals surface area contributed by atoms with Gasteiger partial charge in [0.15, 0.2) is 0 Å². The number of benzene rings is 1. The molecule has 0 aliphatic rings. The molecule has 0 atom stereocenters. The zero-order valence-corrected chi connectivity index (χ0v) is 13.8. The number of hydrogen-bond acceptors (Lipinski definition) is 4. The molecule has 3 aromatic rings. The Morgan fingerprint density at radius 2 is 2.00 bits per heavy atom. The number of ether oxygens (including phenoxy) is 1. The van der Waals surface area contributed by atoms with Crippen molar-refractivity contribution >= 4 is 44.8 Å². The molecule has 0 bridgehead atoms. The van der Waals surface area contributed by atoms with Gasteiger partial charge in [-0.1, -0.05) is 18.5 Å². The summed E-state index contributed by atoms with van der Waals surface area (Å²) < 4.78 is 5.90. The molecule has 0 unspecified atom stereocenters. The summed E-state index contributed by atoms with van der Waals surface area (Å²) in [6, 6.07) is 7.57. The smallest absolute Gasteiger partial charge is 0.232 e. The van der Waals surface area contributed by atoms with Gasteiger partial charge in [-0.15, -0.1) is 11.3 Å². The lowest BCUT2D eigenvalue weighted by atomic mass is 10.1. The van der Waals surface area contributed by atoms with Gasteiger partial charge in [0.05, 0.1) is 5.39 Å². The molecular weight excluding hydrogens is 327 g/mol. The van der Waals surface area contributed by atoms with Gasteiger partial charge >= 0.3 is 0 Å². The van der Waals surface area contributed by atoms with Gasteiger partial charge in [0, 0.05) is 9.90 Å². The normalized spacial score (nSPS) is 11.0. The second kappa shape index (κ2) is 5.79. The average Bonchev–Trinajstić information content (AvgIpc) is 2.81. The van der Waals surface area contributed by atoms with E-state index in [1.165, 1.54) is 0 Å². The SMILES string of the molecule is CCc1cc(Oc2nc(Cl)nc3sc(C)cc23)ccc1Cl. The van der Waals surface area contributed by atoms with Crippen molar-refractivity contribution < 1.29 is 4.74 Å². The third-order valence-electron chi connectivity index (χ3n) is 3.07. The van der Waals surface area contributed by atoms with Crippen LogP contribution in [0.15, 0.2) is 24.3 Å². The van der Waals surface area contributed by atoms with Gasteiger partial charge < -0.3 is 4.74 Å². The third kappa shape index (κ3) is 2.98. The maximum absolute atomic E-state index is 6.12. The number of nitrogens with zero attached hydrogens (tertiary/aromatic N) is 2. The molecule has 0 saturated carbocycles. The second-order valence-corrected chi connectivity index (χ2v) is 6.56. The summed E-state index contributed by atoms with van der Waals surface area (Å²) in [6.45, 7) is 4.06. The van der Waals surface area contributed by atoms with Crippen molar-refractivity contribution in [2.24, 2.45) is 0 Å². The number of hydrogen-bond donors (Lipinski definition) is 0. The maximum atomic E-state index is 6.12. The van der Waals surface area contributed by atoms with Crippen molar-refractivity contribution in [3.05, 3.63) is 45.0 Å². The van der Waals surface area contributed by atoms with E-state index in [9.17, 15) is 0 Å². The molecule has 0 saturated heterocycles. The minimum absolute atomic E-state index is 0.184. The molecule has 0 aliphatic heterocycles. The predicted molar refractivity (Wildman–Crippen MR) is 88.1 cm³/mol. The Bertz CT molecular complexity index is 817. The van der Waals surface area contributed by atoms with Crippen molar-refractivity contribution in [3.63, 3.8) is 0 Å². The average molecular weight is 339 g/mol. The molecule has 2 aromatic heterocycles. The molecule has 6 heteroatoms. The van der Waals surface area contributed by atoms with Crippen LogP contribution in [-0.2, 0) is 6.42 Å². The van der Waals surface area contributed by atoms with Crippen LogP contribution in [0.1, 0.15) is 17.4 Å². The topological polar surface area (TPSA) is 35.0 Å². The van der Waals surface area contributed by atoms with Crippen LogP contribution in [-0.4, -0.2) is 9.97 Å². The minimum atomic E-state index is 0.184. The Morgan fingerprint density at radius 1 is 1.19 bits per heavy atom. The summed E-state index contributed by atoms with van der Waals surface area (Å²) in [4.78, 5) is 10.4. The molecule has 3 nitrogen and oxygen atoms in total. The van der Waals surface area contributed by atoms with Gasteiger partial charge in [-0.3, -0.25) is 0 Å².